The van der Waals surface area contributed by atoms with Crippen LogP contribution in [0.3, 0.4) is 0 Å². The van der Waals surface area contributed by atoms with E-state index in [1.165, 1.54) is 12.4 Å². The molecule has 1 heterocycles. The Kier molecular flexibility index (Phi) is 4.18. The molecule has 0 aromatic carbocycles. The van der Waals surface area contributed by atoms with Crippen molar-refractivity contribution in [2.24, 2.45) is 0 Å². The highest BCUT2D eigenvalue weighted by atomic mass is 32.2. The van der Waals surface area contributed by atoms with Gasteiger partial charge in [-0.25, -0.2) is 9.78 Å². The van der Waals surface area contributed by atoms with Gasteiger partial charge in [0, 0.05) is 12.3 Å². The fourth-order valence-electron chi connectivity index (χ4n) is 0.835. The Labute approximate surface area is 86.0 Å². The summed E-state index contributed by atoms with van der Waals surface area (Å²) in [7, 11) is 0. The molecule has 0 atom stereocenters. The van der Waals surface area contributed by atoms with E-state index in [1.54, 1.807) is 11.8 Å². The van der Waals surface area contributed by atoms with E-state index < -0.39 is 5.97 Å². The highest BCUT2D eigenvalue weighted by Gasteiger charge is 2.05. The third kappa shape index (κ3) is 3.21. The van der Waals surface area contributed by atoms with Crippen LogP contribution in [0.5, 0.6) is 0 Å². The van der Waals surface area contributed by atoms with Gasteiger partial charge in [-0.1, -0.05) is 0 Å². The molecule has 0 amide bonds. The summed E-state index contributed by atoms with van der Waals surface area (Å²) in [5, 5.41) is 11.6. The fraction of sp³-hybridized carbons (Fsp3) is 0.375. The number of nitrogens with zero attached hydrogens (tertiary/aromatic N) is 2. The molecular weight excluding hydrogens is 202 g/mol. The van der Waals surface area contributed by atoms with Gasteiger partial charge in [0.2, 0.25) is 0 Å². The minimum Gasteiger partial charge on any atom is -0.476 e. The molecule has 0 bridgehead atoms. The number of carboxylic acids is 1. The number of nitrogens with one attached hydrogen (secondary N) is 1. The largest absolute Gasteiger partial charge is 0.476 e. The Balaban J connectivity index is 2.59. The predicted octanol–water partition coefficient (Wildman–Crippen LogP) is 0.950. The fourth-order valence-corrected chi connectivity index (χ4v) is 1.14. The average molecular weight is 213 g/mol. The van der Waals surface area contributed by atoms with Gasteiger partial charge in [0.1, 0.15) is 5.82 Å². The third-order valence-corrected chi connectivity index (χ3v) is 2.08. The number of hydrogen-bond acceptors (Lipinski definition) is 5. The van der Waals surface area contributed by atoms with Crippen molar-refractivity contribution >= 4 is 23.5 Å². The van der Waals surface area contributed by atoms with Gasteiger partial charge in [-0.2, -0.15) is 11.8 Å². The number of hydrogen-bond donors (Lipinski definition) is 2. The van der Waals surface area contributed by atoms with Crippen LogP contribution >= 0.6 is 11.8 Å². The quantitative estimate of drug-likeness (QED) is 0.709. The molecule has 0 saturated carbocycles. The first-order valence-electron chi connectivity index (χ1n) is 4.02. The summed E-state index contributed by atoms with van der Waals surface area (Å²) in [4.78, 5) is 18.2. The molecule has 2 N–H and O–H groups in total. The maximum atomic E-state index is 10.5. The number of anilines is 1. The van der Waals surface area contributed by atoms with Crippen LogP contribution in [0.2, 0.25) is 0 Å². The van der Waals surface area contributed by atoms with E-state index in [4.69, 9.17) is 5.11 Å². The number of carboxylic acid groups (broad SMARTS) is 1. The molecule has 5 nitrogen and oxygen atoms in total. The van der Waals surface area contributed by atoms with Gasteiger partial charge in [-0.05, 0) is 6.26 Å². The summed E-state index contributed by atoms with van der Waals surface area (Å²) in [5.74, 6) is 0.379. The maximum Gasteiger partial charge on any atom is 0.356 e. The third-order valence-electron chi connectivity index (χ3n) is 1.47. The number of aromatic nitrogens is 2. The van der Waals surface area contributed by atoms with Crippen molar-refractivity contribution < 1.29 is 9.90 Å². The predicted molar refractivity (Wildman–Crippen MR) is 55.9 cm³/mol. The topological polar surface area (TPSA) is 75.1 Å². The molecule has 1 aromatic rings. The minimum absolute atomic E-state index is 0.0425. The standard InChI is InChI=1S/C8H11N3O2S/c1-14-3-2-10-7-5-9-4-6(11-7)8(12)13/h4-5H,2-3H2,1H3,(H,10,11)(H,12,13). The van der Waals surface area contributed by atoms with Crippen LogP contribution in [-0.2, 0) is 0 Å². The Morgan fingerprint density at radius 1 is 1.64 bits per heavy atom. The molecule has 0 fully saturated rings. The van der Waals surface area contributed by atoms with Crippen LogP contribution in [0.15, 0.2) is 12.4 Å². The van der Waals surface area contributed by atoms with Crippen molar-refractivity contribution in [2.75, 3.05) is 23.9 Å². The Morgan fingerprint density at radius 3 is 3.07 bits per heavy atom. The van der Waals surface area contributed by atoms with Gasteiger partial charge in [0.15, 0.2) is 5.69 Å². The highest BCUT2D eigenvalue weighted by Crippen LogP contribution is 2.02. The second-order valence-corrected chi connectivity index (χ2v) is 3.50. The lowest BCUT2D eigenvalue weighted by Gasteiger charge is -2.03. The maximum absolute atomic E-state index is 10.5. The van der Waals surface area contributed by atoms with Gasteiger partial charge in [0.05, 0.1) is 12.4 Å². The first-order chi connectivity index (χ1) is 6.74. The van der Waals surface area contributed by atoms with Crippen molar-refractivity contribution in [3.05, 3.63) is 18.1 Å². The van der Waals surface area contributed by atoms with Crippen LogP contribution in [-0.4, -0.2) is 39.6 Å². The van der Waals surface area contributed by atoms with Crippen molar-refractivity contribution in [3.8, 4) is 0 Å². The van der Waals surface area contributed by atoms with Gasteiger partial charge in [0.25, 0.3) is 0 Å². The molecule has 0 radical (unpaired) electrons. The van der Waals surface area contributed by atoms with Gasteiger partial charge < -0.3 is 10.4 Å². The zero-order chi connectivity index (χ0) is 10.4. The summed E-state index contributed by atoms with van der Waals surface area (Å²) in [6.45, 7) is 0.749. The molecule has 6 heteroatoms. The molecule has 14 heavy (non-hydrogen) atoms. The Morgan fingerprint density at radius 2 is 2.43 bits per heavy atom. The lowest BCUT2D eigenvalue weighted by atomic mass is 10.4. The van der Waals surface area contributed by atoms with Crippen molar-refractivity contribution in [1.29, 1.82) is 0 Å². The molecule has 0 spiro atoms. The van der Waals surface area contributed by atoms with E-state index in [-0.39, 0.29) is 5.69 Å². The molecule has 0 unspecified atom stereocenters. The molecule has 0 aliphatic carbocycles. The highest BCUT2D eigenvalue weighted by molar-refractivity contribution is 7.98. The number of thioether (sulfide) groups is 1. The second-order valence-electron chi connectivity index (χ2n) is 2.51. The number of aromatic carboxylic acids is 1. The summed E-state index contributed by atoms with van der Waals surface area (Å²) in [6.07, 6.45) is 4.73. The van der Waals surface area contributed by atoms with E-state index in [2.05, 4.69) is 15.3 Å². The zero-order valence-electron chi connectivity index (χ0n) is 7.73. The van der Waals surface area contributed by atoms with Crippen LogP contribution in [0.1, 0.15) is 10.5 Å². The van der Waals surface area contributed by atoms with Crippen LogP contribution in [0.25, 0.3) is 0 Å². The van der Waals surface area contributed by atoms with Crippen LogP contribution in [0.4, 0.5) is 5.82 Å². The van der Waals surface area contributed by atoms with E-state index in [0.29, 0.717) is 5.82 Å². The van der Waals surface area contributed by atoms with E-state index in [9.17, 15) is 4.79 Å². The normalized spacial score (nSPS) is 9.79. The summed E-state index contributed by atoms with van der Waals surface area (Å²) < 4.78 is 0. The average Bonchev–Trinajstić information content (AvgIpc) is 2.19. The SMILES string of the molecule is CSCCNc1cncc(C(=O)O)n1. The number of carbonyl (C=O) groups is 1. The molecule has 76 valence electrons. The van der Waals surface area contributed by atoms with Crippen molar-refractivity contribution in [2.45, 2.75) is 0 Å². The first kappa shape index (κ1) is 10.8. The van der Waals surface area contributed by atoms with Gasteiger partial charge >= 0.3 is 5.97 Å². The summed E-state index contributed by atoms with van der Waals surface area (Å²) in [5.41, 5.74) is -0.0425. The van der Waals surface area contributed by atoms with Crippen molar-refractivity contribution in [1.82, 2.24) is 9.97 Å². The van der Waals surface area contributed by atoms with E-state index in [0.717, 1.165) is 12.3 Å². The molecule has 0 saturated heterocycles. The first-order valence-corrected chi connectivity index (χ1v) is 5.41. The second kappa shape index (κ2) is 5.43. The molecule has 0 aliphatic heterocycles. The van der Waals surface area contributed by atoms with E-state index >= 15 is 0 Å². The molecule has 0 aliphatic rings. The molecule has 1 aromatic heterocycles. The lowest BCUT2D eigenvalue weighted by Crippen LogP contribution is -2.09. The summed E-state index contributed by atoms with van der Waals surface area (Å²) in [6, 6.07) is 0. The smallest absolute Gasteiger partial charge is 0.356 e. The molecule has 1 rings (SSSR count). The minimum atomic E-state index is -1.06. The van der Waals surface area contributed by atoms with Gasteiger partial charge in [-0.3, -0.25) is 4.98 Å². The lowest BCUT2D eigenvalue weighted by molar-refractivity contribution is 0.0690. The molecular formula is C8H11N3O2S. The van der Waals surface area contributed by atoms with Crippen LogP contribution < -0.4 is 5.32 Å². The monoisotopic (exact) mass is 213 g/mol. The van der Waals surface area contributed by atoms with E-state index in [1.807, 2.05) is 6.26 Å². The van der Waals surface area contributed by atoms with Crippen molar-refractivity contribution in [3.63, 3.8) is 0 Å². The zero-order valence-corrected chi connectivity index (χ0v) is 8.54. The van der Waals surface area contributed by atoms with Crippen LogP contribution in [0, 0.1) is 0 Å². The number of rotatable bonds is 5. The Bertz CT molecular complexity index is 319. The summed E-state index contributed by atoms with van der Waals surface area (Å²) >= 11 is 1.70. The Hall–Kier alpha value is -1.30. The van der Waals surface area contributed by atoms with Gasteiger partial charge in [-0.15, -0.1) is 0 Å².